The lowest BCUT2D eigenvalue weighted by atomic mass is 10.1. The Morgan fingerprint density at radius 3 is 2.35 bits per heavy atom. The minimum Gasteiger partial charge on any atom is -0.493 e. The zero-order chi connectivity index (χ0) is 26.4. The monoisotopic (exact) mass is 538 g/mol. The maximum atomic E-state index is 13.4. The van der Waals surface area contributed by atoms with Crippen LogP contribution in [0, 0.1) is 0 Å². The van der Waals surface area contributed by atoms with Crippen molar-refractivity contribution in [3.05, 3.63) is 77.1 Å². The fraction of sp³-hybridized carbons (Fsp3) is 0.154. The number of para-hydroxylation sites is 1. The van der Waals surface area contributed by atoms with Crippen LogP contribution in [0.2, 0.25) is 5.02 Å². The molecule has 2 amide bonds. The van der Waals surface area contributed by atoms with Crippen LogP contribution < -0.4 is 24.4 Å². The Labute approximate surface area is 223 Å². The first-order valence-electron chi connectivity index (χ1n) is 11.0. The molecular formula is C26H23ClN4O5S. The van der Waals surface area contributed by atoms with Gasteiger partial charge in [0, 0.05) is 6.20 Å². The number of carbonyl (C=O) groups is 2. The molecule has 0 unspecified atom stereocenters. The molecule has 1 aromatic heterocycles. The van der Waals surface area contributed by atoms with E-state index < -0.39 is 0 Å². The van der Waals surface area contributed by atoms with Crippen LogP contribution in [0.3, 0.4) is 0 Å². The zero-order valence-electron chi connectivity index (χ0n) is 20.2. The number of aromatic nitrogens is 1. The molecule has 37 heavy (non-hydrogen) atoms. The van der Waals surface area contributed by atoms with Crippen LogP contribution in [-0.2, 0) is 9.59 Å². The van der Waals surface area contributed by atoms with Crippen LogP contribution >= 0.6 is 23.4 Å². The van der Waals surface area contributed by atoms with Gasteiger partial charge in [0.1, 0.15) is 11.5 Å². The Hall–Kier alpha value is -4.02. The van der Waals surface area contributed by atoms with Crippen molar-refractivity contribution >= 4 is 57.9 Å². The maximum absolute atomic E-state index is 13.4. The summed E-state index contributed by atoms with van der Waals surface area (Å²) >= 11 is 6.98. The minimum absolute atomic E-state index is 0.0111. The number of nitrogens with zero attached hydrogens (tertiary/aromatic N) is 3. The van der Waals surface area contributed by atoms with E-state index in [1.165, 1.54) is 32.4 Å². The number of thioether (sulfide) groups is 1. The van der Waals surface area contributed by atoms with E-state index in [4.69, 9.17) is 25.8 Å². The third-order valence-corrected chi connectivity index (χ3v) is 6.32. The summed E-state index contributed by atoms with van der Waals surface area (Å²) in [5, 5.41) is 3.54. The summed E-state index contributed by atoms with van der Waals surface area (Å²) in [4.78, 5) is 36.1. The number of rotatable bonds is 8. The number of hydrogen-bond acceptors (Lipinski definition) is 8. The summed E-state index contributed by atoms with van der Waals surface area (Å²) in [6, 6.07) is 15.8. The van der Waals surface area contributed by atoms with E-state index in [0.717, 1.165) is 11.8 Å². The third kappa shape index (κ3) is 6.04. The Morgan fingerprint density at radius 2 is 1.76 bits per heavy atom. The topological polar surface area (TPSA) is 102 Å². The molecule has 190 valence electrons. The number of ether oxygens (including phenoxy) is 3. The number of benzene rings is 2. The fourth-order valence-corrected chi connectivity index (χ4v) is 4.42. The molecule has 0 bridgehead atoms. The quantitative estimate of drug-likeness (QED) is 0.408. The molecule has 1 aliphatic heterocycles. The summed E-state index contributed by atoms with van der Waals surface area (Å²) in [7, 11) is 4.55. The lowest BCUT2D eigenvalue weighted by Gasteiger charge is -2.17. The number of hydrogen-bond donors (Lipinski definition) is 1. The van der Waals surface area contributed by atoms with Crippen molar-refractivity contribution < 1.29 is 23.8 Å². The maximum Gasteiger partial charge on any atom is 0.283 e. The second-order valence-corrected chi connectivity index (χ2v) is 8.94. The predicted molar refractivity (Wildman–Crippen MR) is 146 cm³/mol. The van der Waals surface area contributed by atoms with E-state index in [-0.39, 0.29) is 23.3 Å². The van der Waals surface area contributed by atoms with Crippen LogP contribution in [0.1, 0.15) is 5.56 Å². The van der Waals surface area contributed by atoms with Gasteiger partial charge in [0.15, 0.2) is 16.7 Å². The number of pyridine rings is 1. The van der Waals surface area contributed by atoms with Gasteiger partial charge in [0.05, 0.1) is 37.8 Å². The second kappa shape index (κ2) is 11.8. The largest absolute Gasteiger partial charge is 0.493 e. The number of nitrogens with one attached hydrogen (secondary N) is 1. The van der Waals surface area contributed by atoms with Crippen molar-refractivity contribution in [2.24, 2.45) is 4.99 Å². The van der Waals surface area contributed by atoms with Gasteiger partial charge in [-0.25, -0.2) is 9.98 Å². The lowest BCUT2D eigenvalue weighted by molar-refractivity contribution is -0.114. The van der Waals surface area contributed by atoms with E-state index in [9.17, 15) is 9.59 Å². The first kappa shape index (κ1) is 26.1. The fourth-order valence-electron chi connectivity index (χ4n) is 3.50. The van der Waals surface area contributed by atoms with Crippen LogP contribution in [0.4, 0.5) is 11.5 Å². The Bertz CT molecular complexity index is 1340. The van der Waals surface area contributed by atoms with Gasteiger partial charge in [-0.2, -0.15) is 0 Å². The van der Waals surface area contributed by atoms with Crippen LogP contribution in [-0.4, -0.2) is 49.0 Å². The molecule has 0 saturated heterocycles. The van der Waals surface area contributed by atoms with Crippen molar-refractivity contribution in [3.63, 3.8) is 0 Å². The number of amides is 2. The highest BCUT2D eigenvalue weighted by atomic mass is 35.5. The average molecular weight is 539 g/mol. The molecule has 0 radical (unpaired) electrons. The van der Waals surface area contributed by atoms with Gasteiger partial charge in [-0.3, -0.25) is 14.5 Å². The summed E-state index contributed by atoms with van der Waals surface area (Å²) < 4.78 is 16.2. The van der Waals surface area contributed by atoms with Gasteiger partial charge >= 0.3 is 0 Å². The van der Waals surface area contributed by atoms with Crippen LogP contribution in [0.15, 0.2) is 71.5 Å². The first-order valence-corrected chi connectivity index (χ1v) is 12.3. The number of carbonyl (C=O) groups excluding carboxylic acids is 2. The van der Waals surface area contributed by atoms with Gasteiger partial charge in [0.2, 0.25) is 11.7 Å². The average Bonchev–Trinajstić information content (AvgIpc) is 3.23. The van der Waals surface area contributed by atoms with Crippen LogP contribution in [0.5, 0.6) is 17.2 Å². The first-order chi connectivity index (χ1) is 17.9. The van der Waals surface area contributed by atoms with Crippen molar-refractivity contribution in [3.8, 4) is 17.2 Å². The molecule has 0 spiro atoms. The van der Waals surface area contributed by atoms with Crippen molar-refractivity contribution in [1.29, 1.82) is 0 Å². The lowest BCUT2D eigenvalue weighted by Crippen LogP contribution is -2.31. The van der Waals surface area contributed by atoms with E-state index in [0.29, 0.717) is 44.5 Å². The molecule has 0 aliphatic carbocycles. The summed E-state index contributed by atoms with van der Waals surface area (Å²) in [5.41, 5.74) is 1.46. The van der Waals surface area contributed by atoms with Crippen molar-refractivity contribution in [2.75, 3.05) is 37.3 Å². The Morgan fingerprint density at radius 1 is 1.05 bits per heavy atom. The Balaban J connectivity index is 1.62. The predicted octanol–water partition coefficient (Wildman–Crippen LogP) is 4.88. The van der Waals surface area contributed by atoms with Crippen molar-refractivity contribution in [2.45, 2.75) is 0 Å². The van der Waals surface area contributed by atoms with E-state index in [2.05, 4.69) is 15.3 Å². The summed E-state index contributed by atoms with van der Waals surface area (Å²) in [5.74, 6) is 1.10. The summed E-state index contributed by atoms with van der Waals surface area (Å²) in [6.07, 6.45) is 3.08. The third-order valence-electron chi connectivity index (χ3n) is 5.16. The molecule has 1 N–H and O–H groups in total. The van der Waals surface area contributed by atoms with Crippen LogP contribution in [0.25, 0.3) is 6.08 Å². The molecule has 1 aliphatic rings. The normalized spacial score (nSPS) is 13.9. The van der Waals surface area contributed by atoms with Crippen molar-refractivity contribution in [1.82, 2.24) is 4.98 Å². The zero-order valence-corrected chi connectivity index (χ0v) is 21.8. The number of aliphatic imine (C=N–C) groups is 1. The highest BCUT2D eigenvalue weighted by molar-refractivity contribution is 8.14. The van der Waals surface area contributed by atoms with E-state index >= 15 is 0 Å². The summed E-state index contributed by atoms with van der Waals surface area (Å²) in [6.45, 7) is 0. The molecule has 2 aromatic carbocycles. The molecule has 3 aromatic rings. The SMILES string of the molecule is COc1cc(C=C2N=C(SCC(=O)Nc3ccc(Cl)cn3)N(c3ccccc3)C2=O)cc(OC)c1OC. The minimum atomic E-state index is -0.331. The smallest absolute Gasteiger partial charge is 0.283 e. The van der Waals surface area contributed by atoms with Gasteiger partial charge < -0.3 is 19.5 Å². The highest BCUT2D eigenvalue weighted by Crippen LogP contribution is 2.39. The van der Waals surface area contributed by atoms with E-state index in [1.807, 2.05) is 18.2 Å². The molecule has 0 atom stereocenters. The Kier molecular flexibility index (Phi) is 8.32. The standard InChI is InChI=1S/C26H23ClN4O5S/c1-34-20-12-16(13-21(35-2)24(20)36-3)11-19-25(33)31(18-7-5-4-6-8-18)26(29-19)37-15-23(32)30-22-10-9-17(27)14-28-22/h4-14H,15H2,1-3H3,(H,28,30,32). The van der Waals surface area contributed by atoms with Gasteiger partial charge in [0.25, 0.3) is 5.91 Å². The molecule has 2 heterocycles. The highest BCUT2D eigenvalue weighted by Gasteiger charge is 2.32. The number of methoxy groups -OCH3 is 3. The number of anilines is 2. The molecule has 0 saturated carbocycles. The number of halogens is 1. The molecule has 0 fully saturated rings. The van der Waals surface area contributed by atoms with Gasteiger partial charge in [-0.15, -0.1) is 0 Å². The molecule has 9 nitrogen and oxygen atoms in total. The number of amidine groups is 1. The molecular weight excluding hydrogens is 516 g/mol. The van der Waals surface area contributed by atoms with E-state index in [1.54, 1.807) is 42.5 Å². The molecule has 4 rings (SSSR count). The van der Waals surface area contributed by atoms with Gasteiger partial charge in [-0.1, -0.05) is 41.6 Å². The van der Waals surface area contributed by atoms with Gasteiger partial charge in [-0.05, 0) is 48.0 Å². The second-order valence-electron chi connectivity index (χ2n) is 7.56. The molecule has 11 heteroatoms.